The second kappa shape index (κ2) is 5.48. The lowest BCUT2D eigenvalue weighted by Crippen LogP contribution is -2.18. The molecule has 0 heterocycles. The molecule has 0 fully saturated rings. The molecule has 0 amide bonds. The van der Waals surface area contributed by atoms with Crippen LogP contribution in [0.1, 0.15) is 22.7 Å². The van der Waals surface area contributed by atoms with Crippen LogP contribution in [0, 0.1) is 6.92 Å². The SMILES string of the molecule is CNC(c1cccc(C)c1)c1cccc2ccccc12. The number of benzene rings is 3. The van der Waals surface area contributed by atoms with Crippen molar-refractivity contribution < 1.29 is 0 Å². The minimum absolute atomic E-state index is 0.223. The predicted octanol–water partition coefficient (Wildman–Crippen LogP) is 4.46. The van der Waals surface area contributed by atoms with Crippen molar-refractivity contribution in [3.63, 3.8) is 0 Å². The van der Waals surface area contributed by atoms with Crippen LogP contribution in [-0.4, -0.2) is 7.05 Å². The third kappa shape index (κ3) is 2.33. The Morgan fingerprint density at radius 3 is 2.40 bits per heavy atom. The highest BCUT2D eigenvalue weighted by Gasteiger charge is 2.14. The third-order valence-electron chi connectivity index (χ3n) is 3.80. The van der Waals surface area contributed by atoms with Crippen LogP contribution in [0.3, 0.4) is 0 Å². The van der Waals surface area contributed by atoms with Gasteiger partial charge in [0.2, 0.25) is 0 Å². The van der Waals surface area contributed by atoms with Gasteiger partial charge in [0.1, 0.15) is 0 Å². The quantitative estimate of drug-likeness (QED) is 0.734. The zero-order valence-electron chi connectivity index (χ0n) is 11.9. The molecule has 3 aromatic rings. The summed E-state index contributed by atoms with van der Waals surface area (Å²) < 4.78 is 0. The average molecular weight is 261 g/mol. The Labute approximate surface area is 120 Å². The Kier molecular flexibility index (Phi) is 3.53. The van der Waals surface area contributed by atoms with Crippen molar-refractivity contribution in [1.29, 1.82) is 0 Å². The monoisotopic (exact) mass is 261 g/mol. The van der Waals surface area contributed by atoms with Gasteiger partial charge >= 0.3 is 0 Å². The fourth-order valence-corrected chi connectivity index (χ4v) is 2.85. The normalized spacial score (nSPS) is 12.5. The Morgan fingerprint density at radius 1 is 0.850 bits per heavy atom. The number of nitrogens with one attached hydrogen (secondary N) is 1. The van der Waals surface area contributed by atoms with Gasteiger partial charge in [-0.3, -0.25) is 0 Å². The fraction of sp³-hybridized carbons (Fsp3) is 0.158. The van der Waals surface area contributed by atoms with Gasteiger partial charge in [-0.1, -0.05) is 72.3 Å². The number of rotatable bonds is 3. The summed E-state index contributed by atoms with van der Waals surface area (Å²) in [5.41, 5.74) is 3.93. The first-order valence-corrected chi connectivity index (χ1v) is 7.01. The molecule has 0 bridgehead atoms. The van der Waals surface area contributed by atoms with Crippen LogP contribution in [0.15, 0.2) is 66.7 Å². The van der Waals surface area contributed by atoms with E-state index in [1.54, 1.807) is 0 Å². The van der Waals surface area contributed by atoms with Gasteiger partial charge in [0.15, 0.2) is 0 Å². The van der Waals surface area contributed by atoms with Crippen molar-refractivity contribution in [3.8, 4) is 0 Å². The summed E-state index contributed by atoms with van der Waals surface area (Å²) >= 11 is 0. The molecule has 0 saturated heterocycles. The van der Waals surface area contributed by atoms with Crippen molar-refractivity contribution in [1.82, 2.24) is 5.32 Å². The lowest BCUT2D eigenvalue weighted by atomic mass is 9.93. The molecule has 0 saturated carbocycles. The van der Waals surface area contributed by atoms with E-state index in [1.807, 2.05) is 7.05 Å². The molecule has 1 unspecified atom stereocenters. The van der Waals surface area contributed by atoms with Crippen LogP contribution in [0.4, 0.5) is 0 Å². The predicted molar refractivity (Wildman–Crippen MR) is 86.0 cm³/mol. The van der Waals surface area contributed by atoms with E-state index in [9.17, 15) is 0 Å². The second-order valence-corrected chi connectivity index (χ2v) is 5.20. The lowest BCUT2D eigenvalue weighted by Gasteiger charge is -2.19. The Bertz CT molecular complexity index is 725. The van der Waals surface area contributed by atoms with Crippen LogP contribution in [0.25, 0.3) is 10.8 Å². The first kappa shape index (κ1) is 12.9. The molecule has 1 N–H and O–H groups in total. The maximum Gasteiger partial charge on any atom is 0.0580 e. The second-order valence-electron chi connectivity index (χ2n) is 5.20. The maximum absolute atomic E-state index is 3.45. The van der Waals surface area contributed by atoms with Gasteiger partial charge in [-0.2, -0.15) is 0 Å². The molecule has 0 aromatic heterocycles. The lowest BCUT2D eigenvalue weighted by molar-refractivity contribution is 0.696. The molecular weight excluding hydrogens is 242 g/mol. The van der Waals surface area contributed by atoms with E-state index in [1.165, 1.54) is 27.5 Å². The molecule has 0 aliphatic rings. The number of hydrogen-bond donors (Lipinski definition) is 1. The van der Waals surface area contributed by atoms with Gasteiger partial charge in [0.25, 0.3) is 0 Å². The van der Waals surface area contributed by atoms with Gasteiger partial charge in [0.05, 0.1) is 6.04 Å². The molecule has 0 aliphatic heterocycles. The Hall–Kier alpha value is -2.12. The van der Waals surface area contributed by atoms with E-state index < -0.39 is 0 Å². The van der Waals surface area contributed by atoms with E-state index in [4.69, 9.17) is 0 Å². The summed E-state index contributed by atoms with van der Waals surface area (Å²) in [6, 6.07) is 24.0. The Morgan fingerprint density at radius 2 is 1.60 bits per heavy atom. The number of aryl methyl sites for hydroxylation is 1. The molecule has 100 valence electrons. The summed E-state index contributed by atoms with van der Waals surface area (Å²) in [7, 11) is 2.02. The molecule has 0 aliphatic carbocycles. The molecule has 0 spiro atoms. The highest BCUT2D eigenvalue weighted by molar-refractivity contribution is 5.86. The van der Waals surface area contributed by atoms with E-state index in [0.717, 1.165) is 0 Å². The molecular formula is C19H19N. The molecule has 1 nitrogen and oxygen atoms in total. The average Bonchev–Trinajstić information content (AvgIpc) is 2.48. The molecule has 20 heavy (non-hydrogen) atoms. The molecule has 3 aromatic carbocycles. The first-order valence-electron chi connectivity index (χ1n) is 7.01. The Balaban J connectivity index is 2.17. The molecule has 1 heteroatoms. The van der Waals surface area contributed by atoms with Crippen LogP contribution in [0.2, 0.25) is 0 Å². The zero-order chi connectivity index (χ0) is 13.9. The zero-order valence-corrected chi connectivity index (χ0v) is 11.9. The van der Waals surface area contributed by atoms with E-state index in [0.29, 0.717) is 0 Å². The van der Waals surface area contributed by atoms with Crippen molar-refractivity contribution in [2.75, 3.05) is 7.05 Å². The third-order valence-corrected chi connectivity index (χ3v) is 3.80. The van der Waals surface area contributed by atoms with Gasteiger partial charge in [-0.25, -0.2) is 0 Å². The smallest absolute Gasteiger partial charge is 0.0580 e. The van der Waals surface area contributed by atoms with Crippen LogP contribution in [0.5, 0.6) is 0 Å². The van der Waals surface area contributed by atoms with Crippen molar-refractivity contribution in [3.05, 3.63) is 83.4 Å². The summed E-state index contributed by atoms with van der Waals surface area (Å²) in [4.78, 5) is 0. The minimum Gasteiger partial charge on any atom is -0.309 e. The number of fused-ring (bicyclic) bond motifs is 1. The van der Waals surface area contributed by atoms with Crippen molar-refractivity contribution >= 4 is 10.8 Å². The largest absolute Gasteiger partial charge is 0.309 e. The standard InChI is InChI=1S/C19H19N/c1-14-7-5-10-16(13-14)19(20-2)18-12-6-9-15-8-3-4-11-17(15)18/h3-13,19-20H,1-2H3. The number of hydrogen-bond acceptors (Lipinski definition) is 1. The van der Waals surface area contributed by atoms with Gasteiger partial charge in [0, 0.05) is 0 Å². The highest BCUT2D eigenvalue weighted by atomic mass is 14.9. The van der Waals surface area contributed by atoms with E-state index in [2.05, 4.69) is 79.0 Å². The van der Waals surface area contributed by atoms with Crippen molar-refractivity contribution in [2.24, 2.45) is 0 Å². The summed E-state index contributed by atoms with van der Waals surface area (Å²) in [5, 5.41) is 6.06. The van der Waals surface area contributed by atoms with Gasteiger partial charge in [-0.15, -0.1) is 0 Å². The van der Waals surface area contributed by atoms with Crippen LogP contribution < -0.4 is 5.32 Å². The van der Waals surface area contributed by atoms with Gasteiger partial charge < -0.3 is 5.32 Å². The molecule has 3 rings (SSSR count). The van der Waals surface area contributed by atoms with Crippen LogP contribution >= 0.6 is 0 Å². The van der Waals surface area contributed by atoms with E-state index >= 15 is 0 Å². The maximum atomic E-state index is 3.45. The fourth-order valence-electron chi connectivity index (χ4n) is 2.85. The summed E-state index contributed by atoms with van der Waals surface area (Å²) in [6.07, 6.45) is 0. The van der Waals surface area contributed by atoms with Crippen LogP contribution in [-0.2, 0) is 0 Å². The highest BCUT2D eigenvalue weighted by Crippen LogP contribution is 2.29. The first-order chi connectivity index (χ1) is 9.79. The van der Waals surface area contributed by atoms with Crippen molar-refractivity contribution in [2.45, 2.75) is 13.0 Å². The molecule has 1 atom stereocenters. The van der Waals surface area contributed by atoms with Gasteiger partial charge in [-0.05, 0) is 35.9 Å². The molecule has 0 radical (unpaired) electrons. The summed E-state index contributed by atoms with van der Waals surface area (Å²) in [6.45, 7) is 2.14. The van der Waals surface area contributed by atoms with E-state index in [-0.39, 0.29) is 6.04 Å². The topological polar surface area (TPSA) is 12.0 Å². The minimum atomic E-state index is 0.223. The summed E-state index contributed by atoms with van der Waals surface area (Å²) in [5.74, 6) is 0.